The van der Waals surface area contributed by atoms with Crippen molar-refractivity contribution in [3.05, 3.63) is 96.7 Å². The Kier molecular flexibility index (Phi) is 9.18. The Bertz CT molecular complexity index is 2220. The minimum atomic E-state index is -4.07. The molecule has 1 amide bonds. The van der Waals surface area contributed by atoms with E-state index in [0.29, 0.717) is 71.8 Å². The van der Waals surface area contributed by atoms with Gasteiger partial charge in [-0.1, -0.05) is 36.4 Å². The zero-order valence-electron chi connectivity index (χ0n) is 28.8. The molecule has 0 radical (unpaired) electrons. The molecule has 11 nitrogen and oxygen atoms in total. The molecule has 0 saturated carbocycles. The van der Waals surface area contributed by atoms with Crippen molar-refractivity contribution in [3.63, 3.8) is 0 Å². The molecule has 0 bridgehead atoms. The number of aromatic nitrogens is 2. The Morgan fingerprint density at radius 2 is 1.67 bits per heavy atom. The summed E-state index contributed by atoms with van der Waals surface area (Å²) in [5.74, 6) is 0.410. The summed E-state index contributed by atoms with van der Waals surface area (Å²) in [7, 11) is -4.07. The summed E-state index contributed by atoms with van der Waals surface area (Å²) in [6.45, 7) is 9.23. The van der Waals surface area contributed by atoms with Crippen LogP contribution < -0.4 is 9.64 Å². The predicted molar refractivity (Wildman–Crippen MR) is 194 cm³/mol. The van der Waals surface area contributed by atoms with Crippen LogP contribution >= 0.6 is 0 Å². The number of amides is 1. The van der Waals surface area contributed by atoms with Crippen molar-refractivity contribution < 1.29 is 27.4 Å². The third-order valence-electron chi connectivity index (χ3n) is 8.98. The standard InChI is InChI=1S/C39H39N5O6S/c1-39(2,3)50-38(45)43-18-16-31(26-43)49-36-14-11-28(23-29(36)25-40)33-15-17-41-37-34(33)24-35(44(37)51(46,47)32-7-5-4-6-8-32)27-9-12-30(13-10-27)42-19-21-48-22-20-42/h4-15,17,23-24,31H,16,18-22,26H2,1-3H3/t31-/m0/s1. The summed E-state index contributed by atoms with van der Waals surface area (Å²) in [6, 6.07) is 27.5. The van der Waals surface area contributed by atoms with E-state index in [1.54, 1.807) is 53.6 Å². The van der Waals surface area contributed by atoms with E-state index in [1.165, 1.54) is 3.97 Å². The number of hydrogen-bond donors (Lipinski definition) is 0. The van der Waals surface area contributed by atoms with Gasteiger partial charge < -0.3 is 24.0 Å². The van der Waals surface area contributed by atoms with Crippen molar-refractivity contribution >= 4 is 32.8 Å². The Morgan fingerprint density at radius 1 is 0.941 bits per heavy atom. The number of hydrogen-bond acceptors (Lipinski definition) is 9. The van der Waals surface area contributed by atoms with Crippen LogP contribution in [0.3, 0.4) is 0 Å². The highest BCUT2D eigenvalue weighted by Gasteiger charge is 2.32. The van der Waals surface area contributed by atoms with E-state index in [0.717, 1.165) is 18.8 Å². The lowest BCUT2D eigenvalue weighted by Gasteiger charge is -2.28. The van der Waals surface area contributed by atoms with Crippen LogP contribution in [0.4, 0.5) is 10.5 Å². The molecule has 2 aliphatic rings. The first-order valence-electron chi connectivity index (χ1n) is 17.0. The molecule has 0 unspecified atom stereocenters. The molecule has 0 N–H and O–H groups in total. The van der Waals surface area contributed by atoms with Gasteiger partial charge in [-0.25, -0.2) is 22.2 Å². The molecule has 2 saturated heterocycles. The van der Waals surface area contributed by atoms with Crippen LogP contribution in [0.5, 0.6) is 5.75 Å². The first-order chi connectivity index (χ1) is 24.5. The van der Waals surface area contributed by atoms with E-state index in [1.807, 2.05) is 63.2 Å². The third-order valence-corrected chi connectivity index (χ3v) is 10.7. The van der Waals surface area contributed by atoms with Gasteiger partial charge in [0.2, 0.25) is 0 Å². The van der Waals surface area contributed by atoms with Gasteiger partial charge in [0.15, 0.2) is 5.65 Å². The minimum Gasteiger partial charge on any atom is -0.487 e. The second kappa shape index (κ2) is 13.7. The Hall–Kier alpha value is -5.38. The molecule has 1 atom stereocenters. The molecule has 7 rings (SSSR count). The topological polar surface area (TPSA) is 127 Å². The molecule has 2 aromatic heterocycles. The maximum Gasteiger partial charge on any atom is 0.410 e. The number of likely N-dealkylation sites (tertiary alicyclic amines) is 1. The van der Waals surface area contributed by atoms with Gasteiger partial charge in [-0.15, -0.1) is 0 Å². The lowest BCUT2D eigenvalue weighted by molar-refractivity contribution is 0.0275. The van der Waals surface area contributed by atoms with Crippen molar-refractivity contribution in [2.24, 2.45) is 0 Å². The number of benzene rings is 3. The van der Waals surface area contributed by atoms with Gasteiger partial charge in [-0.2, -0.15) is 5.26 Å². The molecule has 12 heteroatoms. The predicted octanol–water partition coefficient (Wildman–Crippen LogP) is 6.70. The van der Waals surface area contributed by atoms with Crippen LogP contribution in [0.1, 0.15) is 32.8 Å². The molecule has 0 spiro atoms. The smallest absolute Gasteiger partial charge is 0.410 e. The molecule has 2 fully saturated rings. The van der Waals surface area contributed by atoms with Crippen molar-refractivity contribution in [1.82, 2.24) is 13.9 Å². The summed E-state index contributed by atoms with van der Waals surface area (Å²) in [4.78, 5) is 21.2. The van der Waals surface area contributed by atoms with Gasteiger partial charge in [0, 0.05) is 43.3 Å². The highest BCUT2D eigenvalue weighted by Crippen LogP contribution is 2.38. The Labute approximate surface area is 297 Å². The van der Waals surface area contributed by atoms with Gasteiger partial charge >= 0.3 is 6.09 Å². The lowest BCUT2D eigenvalue weighted by atomic mass is 10.0. The fraction of sp³-hybridized carbons (Fsp3) is 0.308. The lowest BCUT2D eigenvalue weighted by Crippen LogP contribution is -2.36. The van der Waals surface area contributed by atoms with Gasteiger partial charge in [0.05, 0.1) is 35.9 Å². The molecule has 0 aliphatic carbocycles. The molecule has 2 aliphatic heterocycles. The first kappa shape index (κ1) is 34.1. The summed E-state index contributed by atoms with van der Waals surface area (Å²) in [5.41, 5.74) is 3.64. The summed E-state index contributed by atoms with van der Waals surface area (Å²) in [5, 5.41) is 10.8. The monoisotopic (exact) mass is 705 g/mol. The first-order valence-corrected chi connectivity index (χ1v) is 18.4. The van der Waals surface area contributed by atoms with Crippen LogP contribution in [-0.2, 0) is 19.5 Å². The molecule has 4 heterocycles. The second-order valence-electron chi connectivity index (χ2n) is 13.6. The fourth-order valence-corrected chi connectivity index (χ4v) is 8.02. The number of anilines is 1. The van der Waals surface area contributed by atoms with E-state index in [-0.39, 0.29) is 22.7 Å². The minimum absolute atomic E-state index is 0.145. The number of ether oxygens (including phenoxy) is 3. The van der Waals surface area contributed by atoms with Crippen molar-refractivity contribution in [2.75, 3.05) is 44.3 Å². The number of fused-ring (bicyclic) bond motifs is 1. The third kappa shape index (κ3) is 7.00. The fourth-order valence-electron chi connectivity index (χ4n) is 6.52. The molecule has 262 valence electrons. The summed E-state index contributed by atoms with van der Waals surface area (Å²) < 4.78 is 47.2. The number of morpholine rings is 1. The Morgan fingerprint density at radius 3 is 2.37 bits per heavy atom. The van der Waals surface area contributed by atoms with Crippen LogP contribution in [-0.4, -0.2) is 79.5 Å². The van der Waals surface area contributed by atoms with Crippen LogP contribution in [0.2, 0.25) is 0 Å². The second-order valence-corrected chi connectivity index (χ2v) is 15.4. The highest BCUT2D eigenvalue weighted by atomic mass is 32.2. The van der Waals surface area contributed by atoms with E-state index in [4.69, 9.17) is 14.2 Å². The van der Waals surface area contributed by atoms with Gasteiger partial charge in [0.1, 0.15) is 23.5 Å². The van der Waals surface area contributed by atoms with Crippen LogP contribution in [0.25, 0.3) is 33.4 Å². The molecule has 5 aromatic rings. The van der Waals surface area contributed by atoms with Gasteiger partial charge in [-0.3, -0.25) is 0 Å². The molecular formula is C39H39N5O6S. The van der Waals surface area contributed by atoms with Gasteiger partial charge in [-0.05, 0) is 86.0 Å². The zero-order valence-corrected chi connectivity index (χ0v) is 29.6. The maximum absolute atomic E-state index is 14.3. The van der Waals surface area contributed by atoms with Crippen molar-refractivity contribution in [2.45, 2.75) is 43.8 Å². The number of rotatable bonds is 7. The van der Waals surface area contributed by atoms with Gasteiger partial charge in [0.25, 0.3) is 10.0 Å². The van der Waals surface area contributed by atoms with E-state index in [2.05, 4.69) is 16.0 Å². The molecular weight excluding hydrogens is 667 g/mol. The van der Waals surface area contributed by atoms with E-state index < -0.39 is 15.6 Å². The average Bonchev–Trinajstić information content (AvgIpc) is 3.78. The van der Waals surface area contributed by atoms with Crippen LogP contribution in [0.15, 0.2) is 96.0 Å². The maximum atomic E-state index is 14.3. The number of carbonyl (C=O) groups is 1. The van der Waals surface area contributed by atoms with E-state index >= 15 is 0 Å². The molecule has 3 aromatic carbocycles. The normalized spacial score (nSPS) is 16.6. The number of carbonyl (C=O) groups excluding carboxylic acids is 1. The van der Waals surface area contributed by atoms with Crippen molar-refractivity contribution in [1.29, 1.82) is 5.26 Å². The summed E-state index contributed by atoms with van der Waals surface area (Å²) in [6.07, 6.45) is 1.51. The van der Waals surface area contributed by atoms with Crippen molar-refractivity contribution in [3.8, 4) is 34.2 Å². The Balaban J connectivity index is 1.25. The van der Waals surface area contributed by atoms with Crippen LogP contribution in [0, 0.1) is 11.3 Å². The number of pyridine rings is 1. The summed E-state index contributed by atoms with van der Waals surface area (Å²) >= 11 is 0. The number of nitriles is 1. The largest absolute Gasteiger partial charge is 0.487 e. The SMILES string of the molecule is CC(C)(C)OC(=O)N1CC[C@H](Oc2ccc(-c3ccnc4c3cc(-c3ccc(N5CCOCC5)cc3)n4S(=O)(=O)c3ccccc3)cc2C#N)C1. The van der Waals surface area contributed by atoms with E-state index in [9.17, 15) is 18.5 Å². The highest BCUT2D eigenvalue weighted by molar-refractivity contribution is 7.90. The average molecular weight is 706 g/mol. The molecule has 51 heavy (non-hydrogen) atoms. The zero-order chi connectivity index (χ0) is 35.8. The quantitative estimate of drug-likeness (QED) is 0.182. The number of nitrogens with zero attached hydrogens (tertiary/aromatic N) is 5.